The first kappa shape index (κ1) is 20.2. The summed E-state index contributed by atoms with van der Waals surface area (Å²) >= 11 is 0. The van der Waals surface area contributed by atoms with Gasteiger partial charge in [0.05, 0.1) is 11.7 Å². The zero-order chi connectivity index (χ0) is 21.3. The van der Waals surface area contributed by atoms with Crippen LogP contribution in [0.15, 0.2) is 48.5 Å². The van der Waals surface area contributed by atoms with E-state index >= 15 is 0 Å². The molecular weight excluding hydrogens is 374 g/mol. The lowest BCUT2D eigenvalue weighted by Gasteiger charge is -2.28. The van der Waals surface area contributed by atoms with Crippen molar-refractivity contribution < 1.29 is 9.53 Å². The van der Waals surface area contributed by atoms with E-state index in [0.29, 0.717) is 18.8 Å². The Kier molecular flexibility index (Phi) is 5.62. The van der Waals surface area contributed by atoms with E-state index in [9.17, 15) is 4.79 Å². The number of benzene rings is 2. The van der Waals surface area contributed by atoms with Crippen molar-refractivity contribution in [3.05, 3.63) is 76.6 Å². The summed E-state index contributed by atoms with van der Waals surface area (Å²) in [5.74, 6) is 2.15. The number of hydrogen-bond donors (Lipinski definition) is 1. The third kappa shape index (κ3) is 3.97. The van der Waals surface area contributed by atoms with E-state index in [4.69, 9.17) is 4.74 Å². The van der Waals surface area contributed by atoms with Crippen LogP contribution in [0.5, 0.6) is 11.5 Å². The maximum Gasteiger partial charge on any atom is 0.221 e. The first-order valence-corrected chi connectivity index (χ1v) is 10.6. The van der Waals surface area contributed by atoms with Crippen molar-refractivity contribution in [2.45, 2.75) is 53.1 Å². The molecule has 1 amide bonds. The highest BCUT2D eigenvalue weighted by Crippen LogP contribution is 2.42. The molecule has 0 spiro atoms. The summed E-state index contributed by atoms with van der Waals surface area (Å²) in [6.07, 6.45) is 1.12. The van der Waals surface area contributed by atoms with E-state index in [2.05, 4.69) is 35.9 Å². The number of amides is 1. The van der Waals surface area contributed by atoms with E-state index in [1.54, 1.807) is 0 Å². The van der Waals surface area contributed by atoms with Gasteiger partial charge >= 0.3 is 0 Å². The van der Waals surface area contributed by atoms with Gasteiger partial charge in [-0.15, -0.1) is 0 Å². The molecule has 30 heavy (non-hydrogen) atoms. The number of ether oxygens (including phenoxy) is 1. The van der Waals surface area contributed by atoms with Gasteiger partial charge in [-0.1, -0.05) is 50.2 Å². The predicted octanol–water partition coefficient (Wildman–Crippen LogP) is 5.10. The minimum absolute atomic E-state index is 0.0296. The molecule has 1 aliphatic rings. The Labute approximate surface area is 178 Å². The molecule has 2 heterocycles. The summed E-state index contributed by atoms with van der Waals surface area (Å²) in [7, 11) is 0. The third-order valence-electron chi connectivity index (χ3n) is 5.66. The van der Waals surface area contributed by atoms with Crippen LogP contribution >= 0.6 is 0 Å². The first-order valence-electron chi connectivity index (χ1n) is 10.6. The minimum atomic E-state index is -0.204. The number of nitrogens with zero attached hydrogens (tertiary/aromatic N) is 2. The van der Waals surface area contributed by atoms with Crippen LogP contribution in [0.3, 0.4) is 0 Å². The molecule has 0 bridgehead atoms. The van der Waals surface area contributed by atoms with Gasteiger partial charge in [-0.25, -0.2) is 0 Å². The summed E-state index contributed by atoms with van der Waals surface area (Å²) in [5, 5.41) is 7.91. The van der Waals surface area contributed by atoms with Gasteiger partial charge < -0.3 is 10.1 Å². The molecule has 4 rings (SSSR count). The van der Waals surface area contributed by atoms with Crippen LogP contribution in [-0.2, 0) is 17.8 Å². The minimum Gasteiger partial charge on any atom is -0.457 e. The van der Waals surface area contributed by atoms with Crippen molar-refractivity contribution >= 4 is 5.91 Å². The largest absolute Gasteiger partial charge is 0.457 e. The van der Waals surface area contributed by atoms with Gasteiger partial charge in [-0.2, -0.15) is 5.10 Å². The van der Waals surface area contributed by atoms with E-state index in [0.717, 1.165) is 40.6 Å². The molecular formula is C25H29N3O2. The number of hydrogen-bond acceptors (Lipinski definition) is 3. The van der Waals surface area contributed by atoms with Gasteiger partial charge in [0.2, 0.25) is 5.91 Å². The number of carbonyl (C=O) groups excluding carboxylic acids is 1. The normalized spacial score (nSPS) is 13.0. The number of carbonyl (C=O) groups is 1. The fraction of sp³-hybridized carbons (Fsp3) is 0.360. The van der Waals surface area contributed by atoms with Gasteiger partial charge in [0.1, 0.15) is 11.5 Å². The zero-order valence-corrected chi connectivity index (χ0v) is 18.1. The van der Waals surface area contributed by atoms with Gasteiger partial charge in [0, 0.05) is 29.8 Å². The lowest BCUT2D eigenvalue weighted by molar-refractivity contribution is -0.121. The average Bonchev–Trinajstić information content (AvgIpc) is 2.98. The van der Waals surface area contributed by atoms with E-state index in [1.807, 2.05) is 55.5 Å². The molecule has 0 saturated heterocycles. The maximum atomic E-state index is 12.9. The lowest BCUT2D eigenvalue weighted by atomic mass is 9.94. The molecule has 1 aromatic heterocycles. The molecule has 0 radical (unpaired) electrons. The Morgan fingerprint density at radius 2 is 1.67 bits per heavy atom. The molecule has 0 aliphatic carbocycles. The molecule has 156 valence electrons. The van der Waals surface area contributed by atoms with Gasteiger partial charge in [-0.3, -0.25) is 9.48 Å². The van der Waals surface area contributed by atoms with Crippen LogP contribution in [0, 0.1) is 19.8 Å². The quantitative estimate of drug-likeness (QED) is 0.623. The summed E-state index contributed by atoms with van der Waals surface area (Å²) in [6, 6.07) is 15.6. The smallest absolute Gasteiger partial charge is 0.221 e. The van der Waals surface area contributed by atoms with Crippen molar-refractivity contribution in [3.63, 3.8) is 0 Å². The lowest BCUT2D eigenvalue weighted by Crippen LogP contribution is -2.31. The molecule has 0 fully saturated rings. The molecule has 0 atom stereocenters. The number of rotatable bonds is 6. The summed E-state index contributed by atoms with van der Waals surface area (Å²) in [6.45, 7) is 9.40. The molecule has 1 aliphatic heterocycles. The summed E-state index contributed by atoms with van der Waals surface area (Å²) in [4.78, 5) is 12.9. The standard InChI is InChI=1S/C25H29N3O2/c1-16(2)15-28-18(4)19(17(3)27-28)13-14-24(29)26-25-20-9-5-7-11-22(20)30-23-12-8-6-10-21(23)25/h5-12,16,25H,13-15H2,1-4H3,(H,26,29). The number of nitrogens with one attached hydrogen (secondary N) is 1. The second-order valence-corrected chi connectivity index (χ2v) is 8.40. The third-order valence-corrected chi connectivity index (χ3v) is 5.66. The fourth-order valence-corrected chi connectivity index (χ4v) is 4.16. The molecule has 2 aromatic carbocycles. The second kappa shape index (κ2) is 8.34. The molecule has 5 heteroatoms. The van der Waals surface area contributed by atoms with Crippen molar-refractivity contribution in [3.8, 4) is 11.5 Å². The average molecular weight is 404 g/mol. The highest BCUT2D eigenvalue weighted by Gasteiger charge is 2.28. The first-order chi connectivity index (χ1) is 14.4. The SMILES string of the molecule is Cc1nn(CC(C)C)c(C)c1CCC(=O)NC1c2ccccc2Oc2ccccc21. The van der Waals surface area contributed by atoms with Gasteiger partial charge in [-0.05, 0) is 43.9 Å². The zero-order valence-electron chi connectivity index (χ0n) is 18.1. The molecule has 5 nitrogen and oxygen atoms in total. The number of aromatic nitrogens is 2. The highest BCUT2D eigenvalue weighted by atomic mass is 16.5. The Morgan fingerprint density at radius 1 is 1.07 bits per heavy atom. The van der Waals surface area contributed by atoms with E-state index in [-0.39, 0.29) is 11.9 Å². The predicted molar refractivity (Wildman–Crippen MR) is 118 cm³/mol. The van der Waals surface area contributed by atoms with E-state index in [1.165, 1.54) is 5.56 Å². The fourth-order valence-electron chi connectivity index (χ4n) is 4.16. The Balaban J connectivity index is 1.50. The molecule has 0 unspecified atom stereocenters. The number of para-hydroxylation sites is 2. The van der Waals surface area contributed by atoms with Crippen LogP contribution in [-0.4, -0.2) is 15.7 Å². The van der Waals surface area contributed by atoms with Crippen LogP contribution in [0.25, 0.3) is 0 Å². The van der Waals surface area contributed by atoms with Crippen molar-refractivity contribution in [2.75, 3.05) is 0 Å². The second-order valence-electron chi connectivity index (χ2n) is 8.40. The molecule has 3 aromatic rings. The monoisotopic (exact) mass is 403 g/mol. The van der Waals surface area contributed by atoms with Gasteiger partial charge in [0.25, 0.3) is 0 Å². The van der Waals surface area contributed by atoms with Crippen molar-refractivity contribution in [1.82, 2.24) is 15.1 Å². The van der Waals surface area contributed by atoms with Crippen LogP contribution in [0.4, 0.5) is 0 Å². The maximum absolute atomic E-state index is 12.9. The highest BCUT2D eigenvalue weighted by molar-refractivity contribution is 5.78. The number of aryl methyl sites for hydroxylation is 1. The van der Waals surface area contributed by atoms with Crippen LogP contribution in [0.1, 0.15) is 54.4 Å². The summed E-state index contributed by atoms with van der Waals surface area (Å²) < 4.78 is 8.09. The summed E-state index contributed by atoms with van der Waals surface area (Å²) in [5.41, 5.74) is 5.33. The van der Waals surface area contributed by atoms with Crippen molar-refractivity contribution in [2.24, 2.45) is 5.92 Å². The van der Waals surface area contributed by atoms with Gasteiger partial charge in [0.15, 0.2) is 0 Å². The van der Waals surface area contributed by atoms with Crippen molar-refractivity contribution in [1.29, 1.82) is 0 Å². The Hall–Kier alpha value is -3.08. The molecule has 0 saturated carbocycles. The Bertz CT molecular complexity index is 1020. The van der Waals surface area contributed by atoms with Crippen LogP contribution < -0.4 is 10.1 Å². The van der Waals surface area contributed by atoms with Crippen LogP contribution in [0.2, 0.25) is 0 Å². The number of fused-ring (bicyclic) bond motifs is 2. The van der Waals surface area contributed by atoms with E-state index < -0.39 is 0 Å². The molecule has 1 N–H and O–H groups in total. The Morgan fingerprint density at radius 3 is 2.27 bits per heavy atom. The topological polar surface area (TPSA) is 56.2 Å².